The van der Waals surface area contributed by atoms with Crippen molar-refractivity contribution in [2.24, 2.45) is 0 Å². The number of esters is 1. The summed E-state index contributed by atoms with van der Waals surface area (Å²) in [5, 5.41) is 0.351. The fraction of sp³-hybridized carbons (Fsp3) is 0.357. The van der Waals surface area contributed by atoms with Gasteiger partial charge in [0.15, 0.2) is 0 Å². The van der Waals surface area contributed by atoms with Crippen molar-refractivity contribution < 1.29 is 9.53 Å². The maximum Gasteiger partial charge on any atom is 0.332 e. The molecule has 0 spiro atoms. The van der Waals surface area contributed by atoms with Crippen molar-refractivity contribution in [3.8, 4) is 0 Å². The van der Waals surface area contributed by atoms with Gasteiger partial charge in [-0.05, 0) is 32.9 Å². The van der Waals surface area contributed by atoms with Gasteiger partial charge in [0.2, 0.25) is 0 Å². The van der Waals surface area contributed by atoms with Crippen molar-refractivity contribution in [3.05, 3.63) is 45.1 Å². The van der Waals surface area contributed by atoms with Crippen LogP contribution in [-0.2, 0) is 15.1 Å². The van der Waals surface area contributed by atoms with Crippen molar-refractivity contribution in [1.29, 1.82) is 0 Å². The Bertz CT molecular complexity index is 771. The monoisotopic (exact) mass is 276 g/mol. The van der Waals surface area contributed by atoms with Crippen molar-refractivity contribution >= 4 is 16.9 Å². The molecule has 0 saturated heterocycles. The van der Waals surface area contributed by atoms with E-state index in [1.165, 1.54) is 13.8 Å². The number of hydrogen-bond acceptors (Lipinski definition) is 4. The molecule has 0 aliphatic heterocycles. The number of aromatic nitrogens is 2. The van der Waals surface area contributed by atoms with E-state index < -0.39 is 22.8 Å². The number of ether oxygens (including phenoxy) is 1. The third kappa shape index (κ3) is 2.13. The zero-order chi connectivity index (χ0) is 14.9. The molecule has 20 heavy (non-hydrogen) atoms. The van der Waals surface area contributed by atoms with E-state index in [0.717, 1.165) is 4.57 Å². The van der Waals surface area contributed by atoms with E-state index in [9.17, 15) is 14.4 Å². The van der Waals surface area contributed by atoms with Gasteiger partial charge in [-0.3, -0.25) is 4.79 Å². The number of H-pyrrole nitrogens is 1. The molecule has 106 valence electrons. The number of nitrogens with zero attached hydrogens (tertiary/aromatic N) is 1. The lowest BCUT2D eigenvalue weighted by molar-refractivity contribution is -0.152. The molecule has 1 heterocycles. The highest BCUT2D eigenvalue weighted by molar-refractivity contribution is 5.80. The molecule has 0 atom stereocenters. The number of benzene rings is 1. The second kappa shape index (κ2) is 4.96. The number of para-hydroxylation sites is 1. The second-order valence-electron chi connectivity index (χ2n) is 4.90. The van der Waals surface area contributed by atoms with Crippen LogP contribution in [-0.4, -0.2) is 22.1 Å². The first-order valence-corrected chi connectivity index (χ1v) is 6.31. The van der Waals surface area contributed by atoms with Gasteiger partial charge in [-0.15, -0.1) is 0 Å². The summed E-state index contributed by atoms with van der Waals surface area (Å²) in [6.45, 7) is 4.82. The van der Waals surface area contributed by atoms with Crippen molar-refractivity contribution in [2.75, 3.05) is 6.61 Å². The summed E-state index contributed by atoms with van der Waals surface area (Å²) >= 11 is 0. The summed E-state index contributed by atoms with van der Waals surface area (Å²) in [5.41, 5.74) is -2.07. The van der Waals surface area contributed by atoms with Crippen LogP contribution in [0.1, 0.15) is 20.8 Å². The summed E-state index contributed by atoms with van der Waals surface area (Å²) in [6, 6.07) is 6.66. The first-order valence-electron chi connectivity index (χ1n) is 6.31. The van der Waals surface area contributed by atoms with Gasteiger partial charge in [-0.2, -0.15) is 0 Å². The van der Waals surface area contributed by atoms with Gasteiger partial charge in [-0.1, -0.05) is 12.1 Å². The van der Waals surface area contributed by atoms with Gasteiger partial charge in [0, 0.05) is 0 Å². The quantitative estimate of drug-likeness (QED) is 0.848. The van der Waals surface area contributed by atoms with Crippen LogP contribution in [0.3, 0.4) is 0 Å². The number of hydrogen-bond donors (Lipinski definition) is 1. The molecule has 0 saturated carbocycles. The van der Waals surface area contributed by atoms with Crippen molar-refractivity contribution in [3.63, 3.8) is 0 Å². The highest BCUT2D eigenvalue weighted by Gasteiger charge is 2.34. The number of rotatable bonds is 3. The van der Waals surface area contributed by atoms with Crippen molar-refractivity contribution in [2.45, 2.75) is 26.3 Å². The molecule has 1 aromatic heterocycles. The summed E-state index contributed by atoms with van der Waals surface area (Å²) in [6.07, 6.45) is 0. The molecule has 1 aromatic carbocycles. The minimum absolute atomic E-state index is 0.183. The lowest BCUT2D eigenvalue weighted by atomic mass is 10.1. The smallest absolute Gasteiger partial charge is 0.332 e. The second-order valence-corrected chi connectivity index (χ2v) is 4.90. The van der Waals surface area contributed by atoms with E-state index in [1.54, 1.807) is 31.2 Å². The summed E-state index contributed by atoms with van der Waals surface area (Å²) < 4.78 is 5.83. The van der Waals surface area contributed by atoms with Crippen LogP contribution in [0.15, 0.2) is 33.9 Å². The largest absolute Gasteiger partial charge is 0.464 e. The lowest BCUT2D eigenvalue weighted by Gasteiger charge is -2.24. The predicted octanol–water partition coefficient (Wildman–Crippen LogP) is 0.988. The van der Waals surface area contributed by atoms with Gasteiger partial charge in [0.05, 0.1) is 17.5 Å². The maximum atomic E-state index is 12.4. The van der Waals surface area contributed by atoms with Gasteiger partial charge >= 0.3 is 11.7 Å². The molecule has 1 N–H and O–H groups in total. The average Bonchev–Trinajstić information content (AvgIpc) is 2.38. The zero-order valence-electron chi connectivity index (χ0n) is 11.6. The minimum atomic E-state index is -1.37. The molecule has 0 radical (unpaired) electrons. The van der Waals surface area contributed by atoms with Gasteiger partial charge < -0.3 is 9.72 Å². The number of aromatic amines is 1. The number of nitrogens with one attached hydrogen (secondary N) is 1. The molecular weight excluding hydrogens is 260 g/mol. The van der Waals surface area contributed by atoms with Crippen LogP contribution in [0.2, 0.25) is 0 Å². The van der Waals surface area contributed by atoms with Gasteiger partial charge in [-0.25, -0.2) is 14.2 Å². The Morgan fingerprint density at radius 2 is 1.95 bits per heavy atom. The van der Waals surface area contributed by atoms with Crippen LogP contribution in [0, 0.1) is 0 Å². The van der Waals surface area contributed by atoms with Crippen LogP contribution in [0.25, 0.3) is 10.9 Å². The Balaban J connectivity index is 2.75. The fourth-order valence-corrected chi connectivity index (χ4v) is 2.07. The number of carbonyl (C=O) groups is 1. The highest BCUT2D eigenvalue weighted by Crippen LogP contribution is 2.14. The summed E-state index contributed by atoms with van der Waals surface area (Å²) in [4.78, 5) is 39.1. The normalized spacial score (nSPS) is 11.6. The van der Waals surface area contributed by atoms with E-state index in [4.69, 9.17) is 4.74 Å². The topological polar surface area (TPSA) is 81.2 Å². The molecule has 0 fully saturated rings. The molecule has 0 amide bonds. The molecule has 0 unspecified atom stereocenters. The van der Waals surface area contributed by atoms with E-state index >= 15 is 0 Å². The van der Waals surface area contributed by atoms with Crippen molar-refractivity contribution in [1.82, 2.24) is 9.55 Å². The molecule has 6 heteroatoms. The van der Waals surface area contributed by atoms with Gasteiger partial charge in [0.25, 0.3) is 5.56 Å². The first kappa shape index (κ1) is 14.0. The Kier molecular flexibility index (Phi) is 3.48. The van der Waals surface area contributed by atoms with E-state index in [0.29, 0.717) is 10.9 Å². The minimum Gasteiger partial charge on any atom is -0.464 e. The summed E-state index contributed by atoms with van der Waals surface area (Å²) in [5.74, 6) is -0.622. The maximum absolute atomic E-state index is 12.4. The van der Waals surface area contributed by atoms with Crippen LogP contribution in [0.5, 0.6) is 0 Å². The van der Waals surface area contributed by atoms with Crippen LogP contribution in [0.4, 0.5) is 0 Å². The average molecular weight is 276 g/mol. The molecule has 0 bridgehead atoms. The SMILES string of the molecule is CCOC(=O)C(C)(C)n1c(=O)[nH]c2ccccc2c1=O. The first-order chi connectivity index (χ1) is 9.39. The van der Waals surface area contributed by atoms with E-state index in [1.807, 2.05) is 0 Å². The third-order valence-electron chi connectivity index (χ3n) is 3.14. The molecule has 2 rings (SSSR count). The molecule has 0 aliphatic rings. The summed E-state index contributed by atoms with van der Waals surface area (Å²) in [7, 11) is 0. The Hall–Kier alpha value is -2.37. The van der Waals surface area contributed by atoms with E-state index in [-0.39, 0.29) is 6.61 Å². The predicted molar refractivity (Wildman–Crippen MR) is 74.8 cm³/mol. The van der Waals surface area contributed by atoms with Gasteiger partial charge in [0.1, 0.15) is 5.54 Å². The molecular formula is C14H16N2O4. The van der Waals surface area contributed by atoms with Crippen LogP contribution < -0.4 is 11.2 Å². The van der Waals surface area contributed by atoms with E-state index in [2.05, 4.69) is 4.98 Å². The third-order valence-corrected chi connectivity index (χ3v) is 3.14. The number of fused-ring (bicyclic) bond motifs is 1. The highest BCUT2D eigenvalue weighted by atomic mass is 16.5. The number of carbonyl (C=O) groups excluding carboxylic acids is 1. The Morgan fingerprint density at radius 3 is 2.60 bits per heavy atom. The Labute approximate surface area is 115 Å². The Morgan fingerprint density at radius 1 is 1.30 bits per heavy atom. The molecule has 0 aliphatic carbocycles. The molecule has 2 aromatic rings. The van der Waals surface area contributed by atoms with Crippen LogP contribution >= 0.6 is 0 Å². The standard InChI is InChI=1S/C14H16N2O4/c1-4-20-12(18)14(2,3)16-11(17)9-7-5-6-8-10(9)15-13(16)19/h5-8H,4H2,1-3H3,(H,15,19). The molecule has 6 nitrogen and oxygen atoms in total. The lowest BCUT2D eigenvalue weighted by Crippen LogP contribution is -2.51. The fourth-order valence-electron chi connectivity index (χ4n) is 2.07. The zero-order valence-corrected chi connectivity index (χ0v) is 11.6.